The molecule has 0 atom stereocenters. The van der Waals surface area contributed by atoms with Gasteiger partial charge in [0.05, 0.1) is 11.4 Å². The van der Waals surface area contributed by atoms with Crippen LogP contribution in [0.15, 0.2) is 149 Å². The van der Waals surface area contributed by atoms with Crippen LogP contribution in [-0.4, -0.2) is 31.9 Å². The third-order valence-corrected chi connectivity index (χ3v) is 10.8. The maximum absolute atomic E-state index is 12.5. The minimum Gasteiger partial charge on any atom is -0.331 e. The highest BCUT2D eigenvalue weighted by molar-refractivity contribution is 9.10. The molecule has 0 saturated heterocycles. The molecule has 0 aliphatic rings. The molecule has 3 amide bonds. The van der Waals surface area contributed by atoms with Gasteiger partial charge in [-0.15, -0.1) is 22.7 Å². The zero-order valence-corrected chi connectivity index (χ0v) is 35.4. The van der Waals surface area contributed by atoms with Crippen LogP contribution >= 0.6 is 38.6 Å². The quantitative estimate of drug-likeness (QED) is 0.0913. The van der Waals surface area contributed by atoms with Crippen molar-refractivity contribution < 1.29 is 9.59 Å². The molecule has 8 aromatic rings. The number of amides is 3. The summed E-state index contributed by atoms with van der Waals surface area (Å²) in [6.45, 7) is 6.03. The van der Waals surface area contributed by atoms with Gasteiger partial charge in [-0.05, 0) is 111 Å². The summed E-state index contributed by atoms with van der Waals surface area (Å²) in [4.78, 5) is 42.4. The molecular formula is C45H38BrN9O2S2. The summed E-state index contributed by atoms with van der Waals surface area (Å²) in [6.07, 6.45) is 7.07. The Balaban J connectivity index is 0.000000179. The fourth-order valence-electron chi connectivity index (χ4n) is 5.62. The van der Waals surface area contributed by atoms with Crippen LogP contribution in [0.5, 0.6) is 0 Å². The van der Waals surface area contributed by atoms with Gasteiger partial charge in [0.15, 0.2) is 10.3 Å². The van der Waals surface area contributed by atoms with Crippen molar-refractivity contribution in [3.05, 3.63) is 171 Å². The van der Waals surface area contributed by atoms with Crippen LogP contribution in [0.1, 0.15) is 27.0 Å². The number of aryl methyl sites for hydroxylation is 3. The molecule has 4 heterocycles. The Morgan fingerprint density at radius 1 is 0.576 bits per heavy atom. The first-order valence-electron chi connectivity index (χ1n) is 18.3. The van der Waals surface area contributed by atoms with Crippen molar-refractivity contribution in [3.63, 3.8) is 0 Å². The summed E-state index contributed by atoms with van der Waals surface area (Å²) in [5, 5.41) is 20.9. The van der Waals surface area contributed by atoms with Gasteiger partial charge >= 0.3 is 6.03 Å². The second-order valence-electron chi connectivity index (χ2n) is 13.3. The molecule has 0 unspecified atom stereocenters. The van der Waals surface area contributed by atoms with E-state index in [9.17, 15) is 9.59 Å². The number of hydrogen-bond acceptors (Lipinski definition) is 10. The predicted molar refractivity (Wildman–Crippen MR) is 246 cm³/mol. The van der Waals surface area contributed by atoms with Gasteiger partial charge in [-0.25, -0.2) is 14.8 Å². The Morgan fingerprint density at radius 3 is 1.63 bits per heavy atom. The second-order valence-corrected chi connectivity index (χ2v) is 15.9. The zero-order chi connectivity index (χ0) is 41.1. The largest absolute Gasteiger partial charge is 0.331 e. The summed E-state index contributed by atoms with van der Waals surface area (Å²) in [5.74, 6) is -0.158. The zero-order valence-electron chi connectivity index (χ0n) is 32.2. The van der Waals surface area contributed by atoms with E-state index in [1.165, 1.54) is 22.7 Å². The van der Waals surface area contributed by atoms with E-state index in [1.807, 2.05) is 129 Å². The molecule has 11 nitrogen and oxygen atoms in total. The maximum atomic E-state index is 12.5. The number of benzene rings is 4. The standard InChI is InChI=1S/C23H21N5OS.C22H17BrN4OS/c1-15-5-8-18(9-6-15)25-22(29)26-19-10-7-16(2)20(12-19)27-23-28-21(14-30-23)17-4-3-11-24-13-17;1-14-7-8-18(25-21(28)15-4-2-6-17(23)10-15)11-19(14)26-22-27-20(13-29-22)16-5-3-9-24-12-16/h3-14H,1-2H3,(H,27,28)(H2,25,26,29);2-13H,1H3,(H,25,28)(H,26,27). The first kappa shape index (κ1) is 40.5. The van der Waals surface area contributed by atoms with Crippen LogP contribution in [0.2, 0.25) is 0 Å². The van der Waals surface area contributed by atoms with Crippen molar-refractivity contribution >= 4 is 89.2 Å². The lowest BCUT2D eigenvalue weighted by atomic mass is 10.1. The van der Waals surface area contributed by atoms with Crippen molar-refractivity contribution in [2.45, 2.75) is 20.8 Å². The van der Waals surface area contributed by atoms with Gasteiger partial charge in [-0.3, -0.25) is 14.8 Å². The number of carbonyl (C=O) groups excluding carboxylic acids is 2. The third-order valence-electron chi connectivity index (χ3n) is 8.79. The first-order chi connectivity index (χ1) is 28.6. The molecule has 0 bridgehead atoms. The number of halogens is 1. The van der Waals surface area contributed by atoms with Crippen LogP contribution < -0.4 is 26.6 Å². The number of aromatic nitrogens is 4. The monoisotopic (exact) mass is 879 g/mol. The molecule has 14 heteroatoms. The summed E-state index contributed by atoms with van der Waals surface area (Å²) in [6, 6.07) is 33.9. The highest BCUT2D eigenvalue weighted by Gasteiger charge is 2.12. The Kier molecular flexibility index (Phi) is 13.1. The lowest BCUT2D eigenvalue weighted by molar-refractivity contribution is 0.102. The maximum Gasteiger partial charge on any atom is 0.323 e. The van der Waals surface area contributed by atoms with Crippen LogP contribution in [0.3, 0.4) is 0 Å². The van der Waals surface area contributed by atoms with Crippen molar-refractivity contribution in [2.24, 2.45) is 0 Å². The molecule has 0 fully saturated rings. The average molecular weight is 881 g/mol. The van der Waals surface area contributed by atoms with E-state index in [2.05, 4.69) is 62.4 Å². The van der Waals surface area contributed by atoms with Gasteiger partial charge in [0.2, 0.25) is 0 Å². The number of nitrogens with zero attached hydrogens (tertiary/aromatic N) is 4. The molecule has 8 rings (SSSR count). The van der Waals surface area contributed by atoms with E-state index in [1.54, 1.807) is 36.9 Å². The minimum absolute atomic E-state index is 0.158. The fourth-order valence-corrected chi connectivity index (χ4v) is 7.48. The van der Waals surface area contributed by atoms with Crippen LogP contribution in [0.25, 0.3) is 22.5 Å². The molecule has 4 aromatic carbocycles. The van der Waals surface area contributed by atoms with Crippen LogP contribution in [0, 0.1) is 20.8 Å². The molecule has 294 valence electrons. The van der Waals surface area contributed by atoms with Gasteiger partial charge in [0.1, 0.15) is 0 Å². The number of urea groups is 1. The van der Waals surface area contributed by atoms with Crippen LogP contribution in [-0.2, 0) is 0 Å². The van der Waals surface area contributed by atoms with Crippen molar-refractivity contribution in [1.82, 2.24) is 19.9 Å². The Hall–Kier alpha value is -6.74. The lowest BCUT2D eigenvalue weighted by Gasteiger charge is -2.12. The average Bonchev–Trinajstić information content (AvgIpc) is 3.92. The van der Waals surface area contributed by atoms with E-state index in [0.29, 0.717) is 16.9 Å². The minimum atomic E-state index is -0.290. The normalized spacial score (nSPS) is 10.5. The molecule has 0 spiro atoms. The van der Waals surface area contributed by atoms with Crippen molar-refractivity contribution in [3.8, 4) is 22.5 Å². The number of pyridine rings is 2. The molecule has 5 N–H and O–H groups in total. The molecule has 0 radical (unpaired) electrons. The van der Waals surface area contributed by atoms with Gasteiger partial charge in [-0.2, -0.15) is 0 Å². The van der Waals surface area contributed by atoms with E-state index >= 15 is 0 Å². The molecule has 0 aliphatic heterocycles. The SMILES string of the molecule is Cc1ccc(NC(=O)Nc2ccc(C)c(Nc3nc(-c4cccnc4)cs3)c2)cc1.Cc1ccc(NC(=O)c2cccc(Br)c2)cc1Nc1nc(-c2cccnc2)cs1. The number of thiazole rings is 2. The van der Waals surface area contributed by atoms with Gasteiger partial charge in [-0.1, -0.05) is 51.8 Å². The van der Waals surface area contributed by atoms with E-state index in [-0.39, 0.29) is 11.9 Å². The summed E-state index contributed by atoms with van der Waals surface area (Å²) >= 11 is 6.44. The number of nitrogens with one attached hydrogen (secondary N) is 5. The summed E-state index contributed by atoms with van der Waals surface area (Å²) in [5.41, 5.74) is 11.5. The third kappa shape index (κ3) is 11.2. The van der Waals surface area contributed by atoms with Crippen LogP contribution in [0.4, 0.5) is 43.5 Å². The molecule has 4 aromatic heterocycles. The lowest BCUT2D eigenvalue weighted by Crippen LogP contribution is -2.19. The Labute approximate surface area is 358 Å². The molecule has 0 aliphatic carbocycles. The number of hydrogen-bond donors (Lipinski definition) is 5. The smallest absolute Gasteiger partial charge is 0.323 e. The summed E-state index contributed by atoms with van der Waals surface area (Å²) in [7, 11) is 0. The highest BCUT2D eigenvalue weighted by atomic mass is 79.9. The Bertz CT molecular complexity index is 2690. The van der Waals surface area contributed by atoms with Gasteiger partial charge < -0.3 is 26.6 Å². The fraction of sp³-hybridized carbons (Fsp3) is 0.0667. The second kappa shape index (κ2) is 19.1. The number of rotatable bonds is 10. The number of anilines is 7. The first-order valence-corrected chi connectivity index (χ1v) is 20.9. The molecule has 59 heavy (non-hydrogen) atoms. The number of carbonyl (C=O) groups is 2. The topological polar surface area (TPSA) is 146 Å². The molecular weight excluding hydrogens is 843 g/mol. The van der Waals surface area contributed by atoms with Crippen molar-refractivity contribution in [1.29, 1.82) is 0 Å². The highest BCUT2D eigenvalue weighted by Crippen LogP contribution is 2.31. The Morgan fingerprint density at radius 2 is 1.10 bits per heavy atom. The van der Waals surface area contributed by atoms with Crippen molar-refractivity contribution in [2.75, 3.05) is 26.6 Å². The molecule has 0 saturated carbocycles. The predicted octanol–water partition coefficient (Wildman–Crippen LogP) is 12.5. The van der Waals surface area contributed by atoms with Gasteiger partial charge in [0.25, 0.3) is 5.91 Å². The van der Waals surface area contributed by atoms with E-state index in [0.717, 1.165) is 71.0 Å². The van der Waals surface area contributed by atoms with Gasteiger partial charge in [0, 0.05) is 85.1 Å². The van der Waals surface area contributed by atoms with E-state index in [4.69, 9.17) is 0 Å². The van der Waals surface area contributed by atoms with E-state index < -0.39 is 0 Å². The summed E-state index contributed by atoms with van der Waals surface area (Å²) < 4.78 is 0.865.